The van der Waals surface area contributed by atoms with E-state index in [4.69, 9.17) is 10.5 Å². The van der Waals surface area contributed by atoms with Gasteiger partial charge in [0.05, 0.1) is 12.2 Å². The zero-order valence-electron chi connectivity index (χ0n) is 9.97. The van der Waals surface area contributed by atoms with E-state index in [2.05, 4.69) is 0 Å². The summed E-state index contributed by atoms with van der Waals surface area (Å²) < 4.78 is 18.6. The Labute approximate surface area is 109 Å². The van der Waals surface area contributed by atoms with Gasteiger partial charge in [-0.05, 0) is 24.3 Å². The molecule has 0 radical (unpaired) electrons. The van der Waals surface area contributed by atoms with Gasteiger partial charge >= 0.3 is 0 Å². The molecule has 0 aliphatic rings. The molecule has 0 unspecified atom stereocenters. The third-order valence-corrected chi connectivity index (χ3v) is 2.57. The van der Waals surface area contributed by atoms with Crippen LogP contribution in [0.25, 0.3) is 0 Å². The van der Waals surface area contributed by atoms with Crippen molar-refractivity contribution < 1.29 is 19.0 Å². The Morgan fingerprint density at radius 3 is 2.63 bits per heavy atom. The molecule has 0 saturated heterocycles. The number of primary amides is 1. The number of para-hydroxylation sites is 1. The molecule has 0 fully saturated rings. The van der Waals surface area contributed by atoms with Crippen molar-refractivity contribution in [1.82, 2.24) is 0 Å². The standard InChI is InChI=1S/C14H12FNO3/c15-10-5-6-13(11(7-10)14(16)18)19-12-4-2-1-3-9(12)8-17/h1-7,17H,8H2,(H2,16,18). The van der Waals surface area contributed by atoms with Crippen LogP contribution in [0.3, 0.4) is 0 Å². The van der Waals surface area contributed by atoms with Crippen LogP contribution in [0.5, 0.6) is 11.5 Å². The molecule has 0 atom stereocenters. The van der Waals surface area contributed by atoms with Crippen molar-refractivity contribution in [2.75, 3.05) is 0 Å². The Morgan fingerprint density at radius 1 is 1.21 bits per heavy atom. The third-order valence-electron chi connectivity index (χ3n) is 2.57. The van der Waals surface area contributed by atoms with Crippen LogP contribution in [-0.2, 0) is 6.61 Å². The Balaban J connectivity index is 2.41. The van der Waals surface area contributed by atoms with E-state index >= 15 is 0 Å². The first-order chi connectivity index (χ1) is 9.11. The van der Waals surface area contributed by atoms with E-state index in [1.807, 2.05) is 0 Å². The van der Waals surface area contributed by atoms with Crippen molar-refractivity contribution in [3.8, 4) is 11.5 Å². The van der Waals surface area contributed by atoms with E-state index in [9.17, 15) is 14.3 Å². The molecule has 2 aromatic rings. The summed E-state index contributed by atoms with van der Waals surface area (Å²) in [6, 6.07) is 10.3. The summed E-state index contributed by atoms with van der Waals surface area (Å²) in [4.78, 5) is 11.2. The molecule has 1 amide bonds. The Kier molecular flexibility index (Phi) is 3.77. The van der Waals surface area contributed by atoms with Gasteiger partial charge in [-0.3, -0.25) is 4.79 Å². The van der Waals surface area contributed by atoms with Crippen LogP contribution in [0.15, 0.2) is 42.5 Å². The second-order valence-corrected chi connectivity index (χ2v) is 3.87. The lowest BCUT2D eigenvalue weighted by Crippen LogP contribution is -2.12. The topological polar surface area (TPSA) is 72.6 Å². The van der Waals surface area contributed by atoms with Crippen LogP contribution >= 0.6 is 0 Å². The predicted molar refractivity (Wildman–Crippen MR) is 67.4 cm³/mol. The smallest absolute Gasteiger partial charge is 0.252 e. The molecule has 0 saturated carbocycles. The van der Waals surface area contributed by atoms with E-state index in [-0.39, 0.29) is 17.9 Å². The quantitative estimate of drug-likeness (QED) is 0.886. The van der Waals surface area contributed by atoms with E-state index in [1.165, 1.54) is 12.1 Å². The van der Waals surface area contributed by atoms with Gasteiger partial charge in [0.25, 0.3) is 5.91 Å². The molecular formula is C14H12FNO3. The number of aliphatic hydroxyl groups excluding tert-OH is 1. The van der Waals surface area contributed by atoms with Crippen LogP contribution < -0.4 is 10.5 Å². The maximum atomic E-state index is 13.1. The van der Waals surface area contributed by atoms with Crippen molar-refractivity contribution in [1.29, 1.82) is 0 Å². The van der Waals surface area contributed by atoms with Crippen LogP contribution in [0.1, 0.15) is 15.9 Å². The van der Waals surface area contributed by atoms with E-state index < -0.39 is 11.7 Å². The second-order valence-electron chi connectivity index (χ2n) is 3.87. The molecule has 0 heterocycles. The van der Waals surface area contributed by atoms with Crippen molar-refractivity contribution in [2.45, 2.75) is 6.61 Å². The number of rotatable bonds is 4. The SMILES string of the molecule is NC(=O)c1cc(F)ccc1Oc1ccccc1CO. The number of ether oxygens (including phenoxy) is 1. The minimum absolute atomic E-state index is 0.0484. The predicted octanol–water partition coefficient (Wildman–Crippen LogP) is 2.21. The minimum atomic E-state index is -0.782. The molecule has 0 aliphatic carbocycles. The van der Waals surface area contributed by atoms with Gasteiger partial charge in [-0.15, -0.1) is 0 Å². The molecule has 0 bridgehead atoms. The van der Waals surface area contributed by atoms with Crippen LogP contribution in [0, 0.1) is 5.82 Å². The molecule has 3 N–H and O–H groups in total. The largest absolute Gasteiger partial charge is 0.456 e. The first kappa shape index (κ1) is 13.0. The van der Waals surface area contributed by atoms with Crippen molar-refractivity contribution >= 4 is 5.91 Å². The lowest BCUT2D eigenvalue weighted by Gasteiger charge is -2.11. The summed E-state index contributed by atoms with van der Waals surface area (Å²) in [6.07, 6.45) is 0. The van der Waals surface area contributed by atoms with Crippen LogP contribution in [0.4, 0.5) is 4.39 Å². The molecule has 2 rings (SSSR count). The maximum Gasteiger partial charge on any atom is 0.252 e. The lowest BCUT2D eigenvalue weighted by atomic mass is 10.1. The van der Waals surface area contributed by atoms with Gasteiger partial charge in [-0.25, -0.2) is 4.39 Å². The van der Waals surface area contributed by atoms with Gasteiger partial charge in [0, 0.05) is 5.56 Å². The fraction of sp³-hybridized carbons (Fsp3) is 0.0714. The van der Waals surface area contributed by atoms with Crippen molar-refractivity contribution in [3.05, 3.63) is 59.4 Å². The fourth-order valence-corrected chi connectivity index (χ4v) is 1.64. The summed E-state index contributed by atoms with van der Waals surface area (Å²) in [5.74, 6) is -0.818. The Morgan fingerprint density at radius 2 is 1.95 bits per heavy atom. The molecule has 0 spiro atoms. The number of nitrogens with two attached hydrogens (primary N) is 1. The highest BCUT2D eigenvalue weighted by atomic mass is 19.1. The molecule has 2 aromatic carbocycles. The maximum absolute atomic E-state index is 13.1. The zero-order chi connectivity index (χ0) is 13.8. The molecular weight excluding hydrogens is 249 g/mol. The summed E-state index contributed by atoms with van der Waals surface area (Å²) in [5, 5.41) is 9.19. The number of carbonyl (C=O) groups excluding carboxylic acids is 1. The number of hydrogen-bond acceptors (Lipinski definition) is 3. The van der Waals surface area contributed by atoms with Gasteiger partial charge in [-0.1, -0.05) is 18.2 Å². The number of amides is 1. The Bertz CT molecular complexity index is 613. The number of hydrogen-bond donors (Lipinski definition) is 2. The normalized spacial score (nSPS) is 10.2. The highest BCUT2D eigenvalue weighted by Gasteiger charge is 2.13. The monoisotopic (exact) mass is 261 g/mol. The van der Waals surface area contributed by atoms with Gasteiger partial charge in [0.2, 0.25) is 0 Å². The summed E-state index contributed by atoms with van der Waals surface area (Å²) >= 11 is 0. The molecule has 0 aromatic heterocycles. The van der Waals surface area contributed by atoms with E-state index in [0.29, 0.717) is 11.3 Å². The van der Waals surface area contributed by atoms with Crippen LogP contribution in [-0.4, -0.2) is 11.0 Å². The summed E-state index contributed by atoms with van der Waals surface area (Å²) in [6.45, 7) is -0.205. The average Bonchev–Trinajstić information content (AvgIpc) is 2.41. The second kappa shape index (κ2) is 5.49. The van der Waals surface area contributed by atoms with Gasteiger partial charge < -0.3 is 15.6 Å². The zero-order valence-corrected chi connectivity index (χ0v) is 9.97. The van der Waals surface area contributed by atoms with E-state index in [1.54, 1.807) is 24.3 Å². The minimum Gasteiger partial charge on any atom is -0.456 e. The molecule has 0 aliphatic heterocycles. The fourth-order valence-electron chi connectivity index (χ4n) is 1.64. The lowest BCUT2D eigenvalue weighted by molar-refractivity contribution is 0.0997. The number of halogens is 1. The first-order valence-electron chi connectivity index (χ1n) is 5.58. The van der Waals surface area contributed by atoms with Crippen LogP contribution in [0.2, 0.25) is 0 Å². The summed E-state index contributed by atoms with van der Waals surface area (Å²) in [7, 11) is 0. The Hall–Kier alpha value is -2.40. The first-order valence-corrected chi connectivity index (χ1v) is 5.58. The van der Waals surface area contributed by atoms with Gasteiger partial charge in [0.15, 0.2) is 0 Å². The van der Waals surface area contributed by atoms with Gasteiger partial charge in [-0.2, -0.15) is 0 Å². The van der Waals surface area contributed by atoms with Gasteiger partial charge in [0.1, 0.15) is 17.3 Å². The van der Waals surface area contributed by atoms with Crippen molar-refractivity contribution in [2.24, 2.45) is 5.73 Å². The number of aliphatic hydroxyl groups is 1. The molecule has 4 nitrogen and oxygen atoms in total. The molecule has 98 valence electrons. The number of carbonyl (C=O) groups is 1. The van der Waals surface area contributed by atoms with E-state index in [0.717, 1.165) is 6.07 Å². The highest BCUT2D eigenvalue weighted by Crippen LogP contribution is 2.28. The van der Waals surface area contributed by atoms with Crippen molar-refractivity contribution in [3.63, 3.8) is 0 Å². The number of benzene rings is 2. The third kappa shape index (κ3) is 2.89. The summed E-state index contributed by atoms with van der Waals surface area (Å²) in [5.41, 5.74) is 5.68. The highest BCUT2D eigenvalue weighted by molar-refractivity contribution is 5.95. The molecule has 5 heteroatoms. The molecule has 19 heavy (non-hydrogen) atoms. The average molecular weight is 261 g/mol.